The van der Waals surface area contributed by atoms with Gasteiger partial charge in [-0.3, -0.25) is 0 Å². The van der Waals surface area contributed by atoms with E-state index < -0.39 is 0 Å². The fraction of sp³-hybridized carbons (Fsp3) is 0.143. The molecule has 3 heteroatoms. The van der Waals surface area contributed by atoms with Crippen molar-refractivity contribution in [2.24, 2.45) is 0 Å². The topological polar surface area (TPSA) is 12.0 Å². The Morgan fingerprint density at radius 3 is 2.65 bits per heavy atom. The van der Waals surface area contributed by atoms with Crippen LogP contribution in [0.4, 0.5) is 5.69 Å². The Bertz CT molecular complexity index is 566. The third kappa shape index (κ3) is 2.26. The van der Waals surface area contributed by atoms with Crippen molar-refractivity contribution in [3.8, 4) is 0 Å². The van der Waals surface area contributed by atoms with E-state index in [4.69, 9.17) is 0 Å². The number of hydrogen-bond donors (Lipinski definition) is 1. The number of nitrogens with one attached hydrogen (secondary N) is 1. The number of rotatable bonds is 1. The van der Waals surface area contributed by atoms with Gasteiger partial charge in [-0.1, -0.05) is 50.1 Å². The van der Waals surface area contributed by atoms with Gasteiger partial charge < -0.3 is 5.32 Å². The molecule has 1 aliphatic heterocycles. The van der Waals surface area contributed by atoms with E-state index in [-0.39, 0.29) is 0 Å². The summed E-state index contributed by atoms with van der Waals surface area (Å²) in [7, 11) is 0. The van der Waals surface area contributed by atoms with Gasteiger partial charge in [0.25, 0.3) is 0 Å². The molecule has 1 N–H and O–H groups in total. The molecule has 1 aliphatic rings. The van der Waals surface area contributed by atoms with E-state index in [9.17, 15) is 0 Å². The molecule has 2 aromatic rings. The van der Waals surface area contributed by atoms with E-state index in [1.54, 1.807) is 0 Å². The molecule has 0 spiro atoms. The predicted octanol–water partition coefficient (Wildman–Crippen LogP) is 4.92. The van der Waals surface area contributed by atoms with Gasteiger partial charge in [0, 0.05) is 14.6 Å². The van der Waals surface area contributed by atoms with Crippen molar-refractivity contribution >= 4 is 37.5 Å². The number of benzene rings is 2. The lowest BCUT2D eigenvalue weighted by Gasteiger charge is -2.11. The molecule has 17 heavy (non-hydrogen) atoms. The van der Waals surface area contributed by atoms with Crippen LogP contribution >= 0.6 is 31.9 Å². The smallest absolute Gasteiger partial charge is 0.0555 e. The first kappa shape index (κ1) is 11.3. The molecule has 1 unspecified atom stereocenters. The largest absolute Gasteiger partial charge is 0.378 e. The Balaban J connectivity index is 1.91. The van der Waals surface area contributed by atoms with Crippen LogP contribution in [-0.4, -0.2) is 0 Å². The maximum Gasteiger partial charge on any atom is 0.0555 e. The first-order chi connectivity index (χ1) is 8.22. The SMILES string of the molecule is Brc1cccc(C2Cc3ccc(Br)cc3N2)c1. The monoisotopic (exact) mass is 351 g/mol. The second kappa shape index (κ2) is 4.46. The lowest BCUT2D eigenvalue weighted by molar-refractivity contribution is 0.823. The minimum Gasteiger partial charge on any atom is -0.378 e. The highest BCUT2D eigenvalue weighted by atomic mass is 79.9. The predicted molar refractivity (Wildman–Crippen MR) is 78.4 cm³/mol. The normalized spacial score (nSPS) is 17.6. The van der Waals surface area contributed by atoms with Crippen molar-refractivity contribution < 1.29 is 0 Å². The fourth-order valence-electron chi connectivity index (χ4n) is 2.24. The lowest BCUT2D eigenvalue weighted by Crippen LogP contribution is -2.05. The summed E-state index contributed by atoms with van der Waals surface area (Å²) in [6.07, 6.45) is 1.05. The van der Waals surface area contributed by atoms with E-state index in [1.807, 2.05) is 0 Å². The van der Waals surface area contributed by atoms with E-state index in [0.717, 1.165) is 15.4 Å². The van der Waals surface area contributed by atoms with Crippen molar-refractivity contribution in [3.63, 3.8) is 0 Å². The van der Waals surface area contributed by atoms with E-state index in [0.29, 0.717) is 6.04 Å². The van der Waals surface area contributed by atoms with Crippen LogP contribution in [0.5, 0.6) is 0 Å². The van der Waals surface area contributed by atoms with Gasteiger partial charge in [-0.05, 0) is 41.8 Å². The molecule has 3 rings (SSSR count). The summed E-state index contributed by atoms with van der Waals surface area (Å²) >= 11 is 7.03. The molecule has 0 saturated carbocycles. The molecule has 1 atom stereocenters. The molecule has 2 aromatic carbocycles. The van der Waals surface area contributed by atoms with Gasteiger partial charge in [-0.15, -0.1) is 0 Å². The summed E-state index contributed by atoms with van der Waals surface area (Å²) in [4.78, 5) is 0. The Morgan fingerprint density at radius 2 is 1.82 bits per heavy atom. The minimum atomic E-state index is 0.386. The number of fused-ring (bicyclic) bond motifs is 1. The van der Waals surface area contributed by atoms with Crippen LogP contribution in [0.2, 0.25) is 0 Å². The molecule has 0 saturated heterocycles. The van der Waals surface area contributed by atoms with Gasteiger partial charge in [0.15, 0.2) is 0 Å². The highest BCUT2D eigenvalue weighted by Gasteiger charge is 2.21. The van der Waals surface area contributed by atoms with Crippen LogP contribution in [0.15, 0.2) is 51.4 Å². The van der Waals surface area contributed by atoms with E-state index >= 15 is 0 Å². The highest BCUT2D eigenvalue weighted by Crippen LogP contribution is 2.36. The van der Waals surface area contributed by atoms with Crippen LogP contribution in [0.25, 0.3) is 0 Å². The van der Waals surface area contributed by atoms with Gasteiger partial charge in [0.05, 0.1) is 6.04 Å². The van der Waals surface area contributed by atoms with E-state index in [2.05, 4.69) is 79.6 Å². The zero-order valence-electron chi connectivity index (χ0n) is 9.08. The first-order valence-corrected chi connectivity index (χ1v) is 7.11. The zero-order valence-corrected chi connectivity index (χ0v) is 12.3. The van der Waals surface area contributed by atoms with Crippen molar-refractivity contribution in [1.29, 1.82) is 0 Å². The number of anilines is 1. The number of halogens is 2. The van der Waals surface area contributed by atoms with Crippen molar-refractivity contribution in [2.45, 2.75) is 12.5 Å². The van der Waals surface area contributed by atoms with E-state index in [1.165, 1.54) is 16.8 Å². The van der Waals surface area contributed by atoms with Crippen molar-refractivity contribution in [3.05, 3.63) is 62.5 Å². The maximum absolute atomic E-state index is 3.57. The summed E-state index contributed by atoms with van der Waals surface area (Å²) in [6.45, 7) is 0. The summed E-state index contributed by atoms with van der Waals surface area (Å²) in [5.74, 6) is 0. The standard InChI is InChI=1S/C14H11Br2N/c15-11-3-1-2-9(6-11)13-7-10-4-5-12(16)8-14(10)17-13/h1-6,8,13,17H,7H2. The summed E-state index contributed by atoms with van der Waals surface area (Å²) < 4.78 is 2.26. The zero-order chi connectivity index (χ0) is 11.8. The van der Waals surface area contributed by atoms with Gasteiger partial charge in [-0.2, -0.15) is 0 Å². The number of hydrogen-bond acceptors (Lipinski definition) is 1. The quantitative estimate of drug-likeness (QED) is 0.767. The van der Waals surface area contributed by atoms with Gasteiger partial charge in [-0.25, -0.2) is 0 Å². The Labute approximate surface area is 117 Å². The second-order valence-electron chi connectivity index (χ2n) is 4.26. The van der Waals surface area contributed by atoms with Crippen LogP contribution in [0, 0.1) is 0 Å². The van der Waals surface area contributed by atoms with Gasteiger partial charge >= 0.3 is 0 Å². The molecule has 0 radical (unpaired) electrons. The van der Waals surface area contributed by atoms with Crippen LogP contribution in [-0.2, 0) is 6.42 Å². The molecule has 1 heterocycles. The van der Waals surface area contributed by atoms with Gasteiger partial charge in [0.2, 0.25) is 0 Å². The molecular formula is C14H11Br2N. The molecule has 0 fully saturated rings. The van der Waals surface area contributed by atoms with Crippen LogP contribution < -0.4 is 5.32 Å². The third-order valence-electron chi connectivity index (χ3n) is 3.08. The molecule has 0 bridgehead atoms. The molecule has 1 nitrogen and oxygen atoms in total. The summed E-state index contributed by atoms with van der Waals surface area (Å²) in [6, 6.07) is 15.3. The van der Waals surface area contributed by atoms with Crippen molar-refractivity contribution in [1.82, 2.24) is 0 Å². The second-order valence-corrected chi connectivity index (χ2v) is 6.09. The minimum absolute atomic E-state index is 0.386. The Hall–Kier alpha value is -0.800. The summed E-state index contributed by atoms with van der Waals surface area (Å²) in [5, 5.41) is 3.57. The molecule has 0 aromatic heterocycles. The van der Waals surface area contributed by atoms with Crippen LogP contribution in [0.1, 0.15) is 17.2 Å². The molecule has 0 aliphatic carbocycles. The highest BCUT2D eigenvalue weighted by molar-refractivity contribution is 9.10. The van der Waals surface area contributed by atoms with Crippen molar-refractivity contribution in [2.75, 3.05) is 5.32 Å². The first-order valence-electron chi connectivity index (χ1n) is 5.53. The van der Waals surface area contributed by atoms with Gasteiger partial charge in [0.1, 0.15) is 0 Å². The average molecular weight is 353 g/mol. The fourth-order valence-corrected chi connectivity index (χ4v) is 3.02. The summed E-state index contributed by atoms with van der Waals surface area (Å²) in [5.41, 5.74) is 3.95. The van der Waals surface area contributed by atoms with Crippen LogP contribution in [0.3, 0.4) is 0 Å². The maximum atomic E-state index is 3.57. The molecular weight excluding hydrogens is 342 g/mol. The lowest BCUT2D eigenvalue weighted by atomic mass is 10.0. The third-order valence-corrected chi connectivity index (χ3v) is 4.06. The Morgan fingerprint density at radius 1 is 1.00 bits per heavy atom. The Kier molecular flexibility index (Phi) is 2.97. The molecule has 0 amide bonds. The average Bonchev–Trinajstić information content (AvgIpc) is 2.72. The molecule has 86 valence electrons.